The molecule has 0 bridgehead atoms. The van der Waals surface area contributed by atoms with Crippen LogP contribution in [0.2, 0.25) is 0 Å². The van der Waals surface area contributed by atoms with Crippen LogP contribution >= 0.6 is 0 Å². The van der Waals surface area contributed by atoms with Gasteiger partial charge in [0.25, 0.3) is 5.91 Å². The first-order valence-corrected chi connectivity index (χ1v) is 11.9. The van der Waals surface area contributed by atoms with Gasteiger partial charge in [-0.2, -0.15) is 0 Å². The summed E-state index contributed by atoms with van der Waals surface area (Å²) in [5.41, 5.74) is -0.162. The van der Waals surface area contributed by atoms with E-state index in [1.54, 1.807) is 0 Å². The first-order chi connectivity index (χ1) is 13.9. The Labute approximate surface area is 178 Å². The van der Waals surface area contributed by atoms with Crippen molar-refractivity contribution in [3.05, 3.63) is 0 Å². The van der Waals surface area contributed by atoms with Crippen LogP contribution < -0.4 is 10.6 Å². The zero-order valence-electron chi connectivity index (χ0n) is 19.3. The number of hydrogen-bond donors (Lipinski definition) is 2. The van der Waals surface area contributed by atoms with Gasteiger partial charge in [-0.15, -0.1) is 0 Å². The number of urea groups is 1. The molecule has 0 aromatic rings. The summed E-state index contributed by atoms with van der Waals surface area (Å²) in [6.07, 6.45) is 11.8. The maximum absolute atomic E-state index is 12.6. The van der Waals surface area contributed by atoms with Gasteiger partial charge in [-0.05, 0) is 65.2 Å². The van der Waals surface area contributed by atoms with Crippen LogP contribution in [0.25, 0.3) is 0 Å². The van der Waals surface area contributed by atoms with E-state index in [1.165, 1.54) is 44.9 Å². The SMILES string of the molecule is CCCCCN(C)CC1CCCC(CN(C)CCCCC)(C2NC(=O)NC2=O)C1. The molecule has 6 heteroatoms. The van der Waals surface area contributed by atoms with Crippen LogP contribution in [0.3, 0.4) is 0 Å². The Hall–Kier alpha value is -1.14. The minimum atomic E-state index is -0.392. The van der Waals surface area contributed by atoms with Crippen molar-refractivity contribution in [3.63, 3.8) is 0 Å². The first kappa shape index (κ1) is 24.1. The van der Waals surface area contributed by atoms with Crippen molar-refractivity contribution in [2.45, 2.75) is 84.1 Å². The number of nitrogens with zero attached hydrogens (tertiary/aromatic N) is 2. The van der Waals surface area contributed by atoms with Crippen LogP contribution in [0.1, 0.15) is 78.1 Å². The van der Waals surface area contributed by atoms with Gasteiger partial charge < -0.3 is 15.1 Å². The fourth-order valence-electron chi connectivity index (χ4n) is 5.43. The molecular formula is C23H44N4O2. The molecule has 1 aliphatic carbocycles. The Morgan fingerprint density at radius 1 is 1.00 bits per heavy atom. The van der Waals surface area contributed by atoms with Gasteiger partial charge in [-0.25, -0.2) is 4.79 Å². The topological polar surface area (TPSA) is 64.7 Å². The van der Waals surface area contributed by atoms with Gasteiger partial charge in [-0.1, -0.05) is 46.0 Å². The lowest BCUT2D eigenvalue weighted by molar-refractivity contribution is -0.124. The molecule has 2 aliphatic rings. The van der Waals surface area contributed by atoms with E-state index in [2.05, 4.69) is 48.4 Å². The molecule has 168 valence electrons. The van der Waals surface area contributed by atoms with Crippen molar-refractivity contribution in [1.29, 1.82) is 0 Å². The minimum absolute atomic E-state index is 0.131. The third kappa shape index (κ3) is 7.25. The van der Waals surface area contributed by atoms with Crippen molar-refractivity contribution in [1.82, 2.24) is 20.4 Å². The Morgan fingerprint density at radius 3 is 2.24 bits per heavy atom. The van der Waals surface area contributed by atoms with Crippen molar-refractivity contribution < 1.29 is 9.59 Å². The number of carbonyl (C=O) groups is 2. The maximum atomic E-state index is 12.6. The average Bonchev–Trinajstić information content (AvgIpc) is 3.01. The van der Waals surface area contributed by atoms with Crippen molar-refractivity contribution >= 4 is 11.9 Å². The Kier molecular flexibility index (Phi) is 9.90. The number of rotatable bonds is 13. The number of imide groups is 1. The molecule has 2 fully saturated rings. The van der Waals surface area contributed by atoms with E-state index >= 15 is 0 Å². The van der Waals surface area contributed by atoms with Gasteiger partial charge in [0.2, 0.25) is 0 Å². The van der Waals surface area contributed by atoms with E-state index in [1.807, 2.05) is 0 Å². The summed E-state index contributed by atoms with van der Waals surface area (Å²) in [6.45, 7) is 8.64. The third-order valence-electron chi connectivity index (χ3n) is 6.81. The number of nitrogens with one attached hydrogen (secondary N) is 2. The summed E-state index contributed by atoms with van der Waals surface area (Å²) in [6, 6.07) is -0.719. The molecule has 3 amide bonds. The Bertz CT molecular complexity index is 527. The summed E-state index contributed by atoms with van der Waals surface area (Å²) in [7, 11) is 4.40. The second-order valence-electron chi connectivity index (χ2n) is 9.63. The molecule has 3 unspecified atom stereocenters. The van der Waals surface area contributed by atoms with Crippen LogP contribution in [-0.2, 0) is 4.79 Å². The quantitative estimate of drug-likeness (QED) is 0.361. The lowest BCUT2D eigenvalue weighted by Crippen LogP contribution is -2.55. The van der Waals surface area contributed by atoms with Gasteiger partial charge in [0, 0.05) is 18.5 Å². The van der Waals surface area contributed by atoms with Crippen LogP contribution in [0, 0.1) is 11.3 Å². The van der Waals surface area contributed by atoms with Gasteiger partial charge in [-0.3, -0.25) is 10.1 Å². The average molecular weight is 409 g/mol. The molecule has 1 heterocycles. The van der Waals surface area contributed by atoms with Gasteiger partial charge in [0.05, 0.1) is 0 Å². The van der Waals surface area contributed by atoms with E-state index in [0.29, 0.717) is 5.92 Å². The van der Waals surface area contributed by atoms with Crippen molar-refractivity contribution in [3.8, 4) is 0 Å². The van der Waals surface area contributed by atoms with E-state index in [4.69, 9.17) is 0 Å². The van der Waals surface area contributed by atoms with Gasteiger partial charge in [0.15, 0.2) is 0 Å². The second-order valence-corrected chi connectivity index (χ2v) is 9.63. The summed E-state index contributed by atoms with van der Waals surface area (Å²) >= 11 is 0. The van der Waals surface area contributed by atoms with E-state index < -0.39 is 6.04 Å². The monoisotopic (exact) mass is 408 g/mol. The van der Waals surface area contributed by atoms with Gasteiger partial charge in [0.1, 0.15) is 6.04 Å². The van der Waals surface area contributed by atoms with E-state index in [-0.39, 0.29) is 17.4 Å². The molecule has 0 aromatic carbocycles. The number of hydrogen-bond acceptors (Lipinski definition) is 4. The normalized spacial score (nSPS) is 27.5. The predicted octanol–water partition coefficient (Wildman–Crippen LogP) is 3.62. The highest BCUT2D eigenvalue weighted by atomic mass is 16.2. The first-order valence-electron chi connectivity index (χ1n) is 11.9. The molecule has 6 nitrogen and oxygen atoms in total. The zero-order valence-corrected chi connectivity index (χ0v) is 19.3. The highest BCUT2D eigenvalue weighted by molar-refractivity contribution is 6.04. The summed E-state index contributed by atoms with van der Waals surface area (Å²) < 4.78 is 0. The molecule has 0 aromatic heterocycles. The minimum Gasteiger partial charge on any atom is -0.325 e. The molecule has 1 saturated heterocycles. The second kappa shape index (κ2) is 11.9. The molecular weight excluding hydrogens is 364 g/mol. The number of amides is 3. The maximum Gasteiger partial charge on any atom is 0.322 e. The van der Waals surface area contributed by atoms with Crippen molar-refractivity contribution in [2.75, 3.05) is 40.3 Å². The summed E-state index contributed by atoms with van der Waals surface area (Å²) in [5, 5.41) is 5.45. The smallest absolute Gasteiger partial charge is 0.322 e. The van der Waals surface area contributed by atoms with E-state index in [9.17, 15) is 9.59 Å². The fourth-order valence-corrected chi connectivity index (χ4v) is 5.43. The molecule has 1 aliphatic heterocycles. The molecule has 0 radical (unpaired) electrons. The lowest BCUT2D eigenvalue weighted by Gasteiger charge is -2.46. The third-order valence-corrected chi connectivity index (χ3v) is 6.81. The fraction of sp³-hybridized carbons (Fsp3) is 0.913. The molecule has 2 rings (SSSR count). The highest BCUT2D eigenvalue weighted by Gasteiger charge is 2.50. The zero-order chi connectivity index (χ0) is 21.3. The molecule has 0 spiro atoms. The standard InChI is InChI=1S/C23H44N4O2/c1-5-7-9-14-26(3)17-19-12-11-13-23(16-19,18-27(4)15-10-8-6-2)20-21(28)25-22(29)24-20/h19-20H,5-18H2,1-4H3,(H2,24,25,28,29). The largest absolute Gasteiger partial charge is 0.325 e. The van der Waals surface area contributed by atoms with Gasteiger partial charge >= 0.3 is 6.03 Å². The molecule has 3 atom stereocenters. The van der Waals surface area contributed by atoms with Crippen LogP contribution in [0.4, 0.5) is 4.79 Å². The summed E-state index contributed by atoms with van der Waals surface area (Å²) in [5.74, 6) is 0.457. The number of carbonyl (C=O) groups excluding carboxylic acids is 2. The van der Waals surface area contributed by atoms with Crippen LogP contribution in [0.15, 0.2) is 0 Å². The van der Waals surface area contributed by atoms with Crippen LogP contribution in [0.5, 0.6) is 0 Å². The van der Waals surface area contributed by atoms with Crippen LogP contribution in [-0.4, -0.2) is 68.1 Å². The molecule has 2 N–H and O–H groups in total. The highest BCUT2D eigenvalue weighted by Crippen LogP contribution is 2.44. The van der Waals surface area contributed by atoms with Crippen molar-refractivity contribution in [2.24, 2.45) is 11.3 Å². The predicted molar refractivity (Wildman–Crippen MR) is 119 cm³/mol. The molecule has 1 saturated carbocycles. The lowest BCUT2D eigenvalue weighted by atomic mass is 9.65. The number of unbranched alkanes of at least 4 members (excludes halogenated alkanes) is 4. The summed E-state index contributed by atoms with van der Waals surface area (Å²) in [4.78, 5) is 29.4. The molecule has 29 heavy (non-hydrogen) atoms. The van der Waals surface area contributed by atoms with E-state index in [0.717, 1.165) is 45.4 Å². The Balaban J connectivity index is 2.05. The Morgan fingerprint density at radius 2 is 1.66 bits per heavy atom.